The summed E-state index contributed by atoms with van der Waals surface area (Å²) in [6.07, 6.45) is 0.687. The van der Waals surface area contributed by atoms with E-state index in [0.717, 1.165) is 5.56 Å². The molecule has 1 saturated carbocycles. The average Bonchev–Trinajstić information content (AvgIpc) is 2.83. The van der Waals surface area contributed by atoms with Gasteiger partial charge < -0.3 is 15.7 Å². The molecule has 1 aromatic rings. The Morgan fingerprint density at radius 3 is 2.87 bits per heavy atom. The van der Waals surface area contributed by atoms with Crippen LogP contribution in [-0.2, 0) is 10.2 Å². The summed E-state index contributed by atoms with van der Waals surface area (Å²) in [6, 6.07) is 5.13. The maximum absolute atomic E-state index is 12.0. The van der Waals surface area contributed by atoms with Crippen molar-refractivity contribution >= 4 is 11.6 Å². The minimum Gasteiger partial charge on any atom is -0.506 e. The standard InChI is InChI=1S/C11H12N2O2/c1-13-9-6(3-2-4-7(9)14)11(10(13)15)5-8(11)12/h2-4,8,14H,5,12H2,1H3. The molecule has 15 heavy (non-hydrogen) atoms. The zero-order valence-corrected chi connectivity index (χ0v) is 8.40. The van der Waals surface area contributed by atoms with Crippen LogP contribution < -0.4 is 10.6 Å². The van der Waals surface area contributed by atoms with Gasteiger partial charge in [0.25, 0.3) is 0 Å². The normalized spacial score (nSPS) is 32.3. The molecule has 2 atom stereocenters. The monoisotopic (exact) mass is 204 g/mol. The Morgan fingerprint density at radius 2 is 2.27 bits per heavy atom. The highest BCUT2D eigenvalue weighted by Gasteiger charge is 2.65. The lowest BCUT2D eigenvalue weighted by Crippen LogP contribution is -2.32. The first-order valence-electron chi connectivity index (χ1n) is 4.95. The van der Waals surface area contributed by atoms with E-state index in [1.54, 1.807) is 19.2 Å². The molecule has 1 amide bonds. The Kier molecular flexibility index (Phi) is 1.36. The summed E-state index contributed by atoms with van der Waals surface area (Å²) < 4.78 is 0. The molecule has 2 unspecified atom stereocenters. The van der Waals surface area contributed by atoms with Crippen molar-refractivity contribution in [1.82, 2.24) is 0 Å². The van der Waals surface area contributed by atoms with Crippen molar-refractivity contribution < 1.29 is 9.90 Å². The Balaban J connectivity index is 2.28. The maximum Gasteiger partial charge on any atom is 0.239 e. The van der Waals surface area contributed by atoms with E-state index in [2.05, 4.69) is 0 Å². The van der Waals surface area contributed by atoms with Gasteiger partial charge in [-0.3, -0.25) is 4.79 Å². The minimum atomic E-state index is -0.539. The summed E-state index contributed by atoms with van der Waals surface area (Å²) in [4.78, 5) is 13.6. The highest BCUT2D eigenvalue weighted by Crippen LogP contribution is 2.57. The molecule has 1 aromatic carbocycles. The summed E-state index contributed by atoms with van der Waals surface area (Å²) in [5.41, 5.74) is 6.81. The molecule has 1 aliphatic heterocycles. The number of phenols is 1. The Labute approximate surface area is 87.3 Å². The van der Waals surface area contributed by atoms with Gasteiger partial charge in [0.15, 0.2) is 0 Å². The van der Waals surface area contributed by atoms with Crippen LogP contribution in [0.5, 0.6) is 5.75 Å². The largest absolute Gasteiger partial charge is 0.506 e. The Hall–Kier alpha value is -1.55. The lowest BCUT2D eigenvalue weighted by Gasteiger charge is -2.11. The molecule has 3 rings (SSSR count). The molecule has 1 spiro atoms. The first-order valence-corrected chi connectivity index (χ1v) is 4.95. The van der Waals surface area contributed by atoms with Crippen molar-refractivity contribution in [2.24, 2.45) is 5.73 Å². The molecule has 0 bridgehead atoms. The van der Waals surface area contributed by atoms with Crippen LogP contribution in [0.4, 0.5) is 5.69 Å². The van der Waals surface area contributed by atoms with Crippen LogP contribution in [0.15, 0.2) is 18.2 Å². The fraction of sp³-hybridized carbons (Fsp3) is 0.364. The third-order valence-corrected chi connectivity index (χ3v) is 3.53. The van der Waals surface area contributed by atoms with E-state index in [9.17, 15) is 9.90 Å². The first-order chi connectivity index (χ1) is 7.09. The lowest BCUT2D eigenvalue weighted by atomic mass is 9.97. The highest BCUT2D eigenvalue weighted by atomic mass is 16.3. The van der Waals surface area contributed by atoms with Gasteiger partial charge >= 0.3 is 0 Å². The number of para-hydroxylation sites is 1. The SMILES string of the molecule is CN1C(=O)C2(CC2N)c2cccc(O)c21. The van der Waals surface area contributed by atoms with Gasteiger partial charge in [-0.2, -0.15) is 0 Å². The number of rotatable bonds is 0. The van der Waals surface area contributed by atoms with Crippen LogP contribution in [-0.4, -0.2) is 24.1 Å². The molecule has 0 radical (unpaired) electrons. The number of anilines is 1. The molecule has 4 heteroatoms. The van der Waals surface area contributed by atoms with E-state index < -0.39 is 5.41 Å². The molecule has 0 saturated heterocycles. The molecule has 1 aliphatic carbocycles. The number of amides is 1. The van der Waals surface area contributed by atoms with Gasteiger partial charge in [0.2, 0.25) is 5.91 Å². The van der Waals surface area contributed by atoms with Crippen LogP contribution in [0.2, 0.25) is 0 Å². The number of hydrogen-bond acceptors (Lipinski definition) is 3. The molecule has 2 aliphatic rings. The summed E-state index contributed by atoms with van der Waals surface area (Å²) >= 11 is 0. The van der Waals surface area contributed by atoms with Crippen molar-refractivity contribution in [1.29, 1.82) is 0 Å². The zero-order valence-electron chi connectivity index (χ0n) is 8.40. The van der Waals surface area contributed by atoms with Crippen LogP contribution >= 0.6 is 0 Å². The fourth-order valence-electron chi connectivity index (χ4n) is 2.60. The second-order valence-corrected chi connectivity index (χ2v) is 4.32. The second kappa shape index (κ2) is 2.33. The Bertz CT molecular complexity index is 472. The van der Waals surface area contributed by atoms with Crippen molar-refractivity contribution in [3.63, 3.8) is 0 Å². The highest BCUT2D eigenvalue weighted by molar-refractivity contribution is 6.12. The van der Waals surface area contributed by atoms with Gasteiger partial charge in [-0.1, -0.05) is 12.1 Å². The number of carbonyl (C=O) groups excluding carboxylic acids is 1. The molecule has 78 valence electrons. The molecule has 1 fully saturated rings. The van der Waals surface area contributed by atoms with Gasteiger partial charge in [-0.05, 0) is 18.1 Å². The minimum absolute atomic E-state index is 0.00602. The third kappa shape index (κ3) is 0.791. The lowest BCUT2D eigenvalue weighted by molar-refractivity contribution is -0.120. The van der Waals surface area contributed by atoms with Crippen molar-refractivity contribution in [2.45, 2.75) is 17.9 Å². The number of likely N-dealkylation sites (N-methyl/N-ethyl adjacent to an activating group) is 1. The van der Waals surface area contributed by atoms with Gasteiger partial charge in [0, 0.05) is 13.1 Å². The third-order valence-electron chi connectivity index (χ3n) is 3.53. The van der Waals surface area contributed by atoms with Crippen molar-refractivity contribution in [3.05, 3.63) is 23.8 Å². The van der Waals surface area contributed by atoms with Gasteiger partial charge in [0.1, 0.15) is 5.75 Å². The van der Waals surface area contributed by atoms with Crippen molar-refractivity contribution in [2.75, 3.05) is 11.9 Å². The van der Waals surface area contributed by atoms with E-state index in [1.165, 1.54) is 4.90 Å². The van der Waals surface area contributed by atoms with E-state index in [-0.39, 0.29) is 17.7 Å². The summed E-state index contributed by atoms with van der Waals surface area (Å²) in [5, 5.41) is 9.73. The predicted molar refractivity (Wildman–Crippen MR) is 55.8 cm³/mol. The number of nitrogens with zero attached hydrogens (tertiary/aromatic N) is 1. The molecule has 0 aromatic heterocycles. The number of fused-ring (bicyclic) bond motifs is 2. The second-order valence-electron chi connectivity index (χ2n) is 4.32. The average molecular weight is 204 g/mol. The summed E-state index contributed by atoms with van der Waals surface area (Å²) in [6.45, 7) is 0. The zero-order chi connectivity index (χ0) is 10.8. The molecule has 4 nitrogen and oxygen atoms in total. The van der Waals surface area contributed by atoms with E-state index in [4.69, 9.17) is 5.73 Å². The first kappa shape index (κ1) is 8.73. The van der Waals surface area contributed by atoms with Crippen LogP contribution in [0.1, 0.15) is 12.0 Å². The quantitative estimate of drug-likeness (QED) is 0.640. The van der Waals surface area contributed by atoms with Crippen LogP contribution in [0.3, 0.4) is 0 Å². The number of carbonyl (C=O) groups is 1. The number of aromatic hydroxyl groups is 1. The number of benzene rings is 1. The topological polar surface area (TPSA) is 66.6 Å². The van der Waals surface area contributed by atoms with Crippen molar-refractivity contribution in [3.8, 4) is 5.75 Å². The van der Waals surface area contributed by atoms with Crippen LogP contribution in [0.25, 0.3) is 0 Å². The molecular weight excluding hydrogens is 192 g/mol. The molecule has 3 N–H and O–H groups in total. The van der Waals surface area contributed by atoms with E-state index in [0.29, 0.717) is 12.1 Å². The predicted octanol–water partition coefficient (Wildman–Crippen LogP) is 0.337. The summed E-state index contributed by atoms with van der Waals surface area (Å²) in [5.74, 6) is 0.158. The van der Waals surface area contributed by atoms with Gasteiger partial charge in [-0.25, -0.2) is 0 Å². The smallest absolute Gasteiger partial charge is 0.239 e. The number of phenolic OH excluding ortho intramolecular Hbond substituents is 1. The molecule has 1 heterocycles. The number of nitrogens with two attached hydrogens (primary N) is 1. The fourth-order valence-corrected chi connectivity index (χ4v) is 2.60. The van der Waals surface area contributed by atoms with E-state index in [1.807, 2.05) is 6.07 Å². The Morgan fingerprint density at radius 1 is 1.60 bits per heavy atom. The van der Waals surface area contributed by atoms with Gasteiger partial charge in [-0.15, -0.1) is 0 Å². The van der Waals surface area contributed by atoms with E-state index >= 15 is 0 Å². The molecular formula is C11H12N2O2. The van der Waals surface area contributed by atoms with Crippen LogP contribution in [0, 0.1) is 0 Å². The summed E-state index contributed by atoms with van der Waals surface area (Å²) in [7, 11) is 1.68. The van der Waals surface area contributed by atoms with Gasteiger partial charge in [0.05, 0.1) is 11.1 Å². The maximum atomic E-state index is 12.0. The number of hydrogen-bond donors (Lipinski definition) is 2.